The molecule has 1 aromatic heterocycles. The fourth-order valence-electron chi connectivity index (χ4n) is 1.75. The molecule has 114 valence electrons. The summed E-state index contributed by atoms with van der Waals surface area (Å²) in [5, 5.41) is 6.45. The summed E-state index contributed by atoms with van der Waals surface area (Å²) in [4.78, 5) is 8.49. The molecule has 0 fully saturated rings. The van der Waals surface area contributed by atoms with Crippen molar-refractivity contribution in [3.05, 3.63) is 17.3 Å². The molecule has 6 nitrogen and oxygen atoms in total. The van der Waals surface area contributed by atoms with Crippen molar-refractivity contribution < 1.29 is 9.15 Å². The highest BCUT2D eigenvalue weighted by molar-refractivity contribution is 5.79. The SMILES string of the molecule is CN=C(NCCCCCOC)NCc1nc(C)c(C)o1. The van der Waals surface area contributed by atoms with Crippen molar-refractivity contribution in [1.29, 1.82) is 0 Å². The molecule has 0 spiro atoms. The minimum Gasteiger partial charge on any atom is -0.444 e. The Morgan fingerprint density at radius 1 is 1.25 bits per heavy atom. The summed E-state index contributed by atoms with van der Waals surface area (Å²) in [6, 6.07) is 0. The van der Waals surface area contributed by atoms with E-state index in [1.165, 1.54) is 0 Å². The summed E-state index contributed by atoms with van der Waals surface area (Å²) in [5.74, 6) is 2.32. The molecule has 2 N–H and O–H groups in total. The second-order valence-corrected chi connectivity index (χ2v) is 4.66. The molecule has 1 rings (SSSR count). The van der Waals surface area contributed by atoms with Gasteiger partial charge in [-0.3, -0.25) is 4.99 Å². The first-order valence-corrected chi connectivity index (χ1v) is 7.03. The van der Waals surface area contributed by atoms with Gasteiger partial charge in [0.2, 0.25) is 5.89 Å². The van der Waals surface area contributed by atoms with Gasteiger partial charge in [0, 0.05) is 27.3 Å². The molecular weight excluding hydrogens is 256 g/mol. The predicted molar refractivity (Wildman–Crippen MR) is 79.9 cm³/mol. The van der Waals surface area contributed by atoms with Gasteiger partial charge in [-0.05, 0) is 33.1 Å². The predicted octanol–water partition coefficient (Wildman–Crippen LogP) is 1.77. The molecule has 0 aromatic carbocycles. The van der Waals surface area contributed by atoms with Crippen LogP contribution in [0.25, 0.3) is 0 Å². The van der Waals surface area contributed by atoms with Crippen molar-refractivity contribution in [2.75, 3.05) is 27.3 Å². The van der Waals surface area contributed by atoms with Gasteiger partial charge in [0.1, 0.15) is 5.76 Å². The first kappa shape index (κ1) is 16.5. The Kier molecular flexibility index (Phi) is 7.72. The van der Waals surface area contributed by atoms with E-state index in [1.54, 1.807) is 14.2 Å². The van der Waals surface area contributed by atoms with Crippen LogP contribution in [-0.4, -0.2) is 38.3 Å². The highest BCUT2D eigenvalue weighted by atomic mass is 16.5. The number of nitrogens with one attached hydrogen (secondary N) is 2. The minimum absolute atomic E-state index is 0.540. The number of oxazole rings is 1. The maximum absolute atomic E-state index is 5.51. The zero-order chi connectivity index (χ0) is 14.8. The molecule has 0 aliphatic heterocycles. The van der Waals surface area contributed by atoms with Crippen LogP contribution in [0.4, 0.5) is 0 Å². The average Bonchev–Trinajstić information content (AvgIpc) is 2.76. The number of rotatable bonds is 8. The van der Waals surface area contributed by atoms with Crippen LogP contribution in [0.15, 0.2) is 9.41 Å². The third-order valence-electron chi connectivity index (χ3n) is 3.02. The van der Waals surface area contributed by atoms with E-state index in [1.807, 2.05) is 13.8 Å². The Balaban J connectivity index is 2.20. The first-order chi connectivity index (χ1) is 9.67. The molecule has 0 aliphatic carbocycles. The molecular formula is C14H26N4O2. The van der Waals surface area contributed by atoms with Gasteiger partial charge in [-0.2, -0.15) is 0 Å². The minimum atomic E-state index is 0.540. The largest absolute Gasteiger partial charge is 0.444 e. The van der Waals surface area contributed by atoms with E-state index in [9.17, 15) is 0 Å². The Morgan fingerprint density at radius 2 is 2.05 bits per heavy atom. The third-order valence-corrected chi connectivity index (χ3v) is 3.02. The number of nitrogens with zero attached hydrogens (tertiary/aromatic N) is 2. The lowest BCUT2D eigenvalue weighted by atomic mass is 10.2. The lowest BCUT2D eigenvalue weighted by Crippen LogP contribution is -2.37. The fraction of sp³-hybridized carbons (Fsp3) is 0.714. The van der Waals surface area contributed by atoms with Crippen molar-refractivity contribution in [3.63, 3.8) is 0 Å². The Hall–Kier alpha value is -1.56. The van der Waals surface area contributed by atoms with Crippen molar-refractivity contribution in [3.8, 4) is 0 Å². The van der Waals surface area contributed by atoms with Crippen molar-refractivity contribution in [1.82, 2.24) is 15.6 Å². The number of aryl methyl sites for hydroxylation is 2. The van der Waals surface area contributed by atoms with Gasteiger partial charge >= 0.3 is 0 Å². The van der Waals surface area contributed by atoms with Gasteiger partial charge in [-0.25, -0.2) is 4.98 Å². The summed E-state index contributed by atoms with van der Waals surface area (Å²) in [7, 11) is 3.49. The summed E-state index contributed by atoms with van der Waals surface area (Å²) in [6.07, 6.45) is 3.34. The number of methoxy groups -OCH3 is 1. The Labute approximate surface area is 121 Å². The summed E-state index contributed by atoms with van der Waals surface area (Å²) in [6.45, 7) is 6.12. The van der Waals surface area contributed by atoms with E-state index in [4.69, 9.17) is 9.15 Å². The van der Waals surface area contributed by atoms with Crippen LogP contribution in [0.1, 0.15) is 36.6 Å². The molecule has 6 heteroatoms. The van der Waals surface area contributed by atoms with E-state index < -0.39 is 0 Å². The fourth-order valence-corrected chi connectivity index (χ4v) is 1.75. The molecule has 0 aliphatic rings. The van der Waals surface area contributed by atoms with Crippen LogP contribution in [0.5, 0.6) is 0 Å². The van der Waals surface area contributed by atoms with Crippen LogP contribution in [0.2, 0.25) is 0 Å². The number of aliphatic imine (C=N–C) groups is 1. The van der Waals surface area contributed by atoms with Crippen molar-refractivity contribution in [2.45, 2.75) is 39.7 Å². The topological polar surface area (TPSA) is 71.7 Å². The standard InChI is InChI=1S/C14H26N4O2/c1-11-12(2)20-13(18-11)10-17-14(15-3)16-8-6-5-7-9-19-4/h5-10H2,1-4H3,(H2,15,16,17). The first-order valence-electron chi connectivity index (χ1n) is 7.03. The zero-order valence-corrected chi connectivity index (χ0v) is 13.0. The lowest BCUT2D eigenvalue weighted by Gasteiger charge is -2.10. The van der Waals surface area contributed by atoms with Gasteiger partial charge < -0.3 is 19.8 Å². The van der Waals surface area contributed by atoms with Crippen LogP contribution in [-0.2, 0) is 11.3 Å². The van der Waals surface area contributed by atoms with Crippen molar-refractivity contribution >= 4 is 5.96 Å². The van der Waals surface area contributed by atoms with Crippen LogP contribution in [0.3, 0.4) is 0 Å². The van der Waals surface area contributed by atoms with Crippen LogP contribution < -0.4 is 10.6 Å². The number of guanidine groups is 1. The molecule has 0 unspecified atom stereocenters. The van der Waals surface area contributed by atoms with E-state index in [0.717, 1.165) is 49.8 Å². The van der Waals surface area contributed by atoms with Crippen LogP contribution in [0, 0.1) is 13.8 Å². The molecule has 20 heavy (non-hydrogen) atoms. The normalized spacial score (nSPS) is 11.7. The Bertz CT molecular complexity index is 396. The smallest absolute Gasteiger partial charge is 0.214 e. The number of hydrogen-bond donors (Lipinski definition) is 2. The molecule has 0 amide bonds. The maximum atomic E-state index is 5.51. The zero-order valence-electron chi connectivity index (χ0n) is 13.0. The quantitative estimate of drug-likeness (QED) is 0.432. The lowest BCUT2D eigenvalue weighted by molar-refractivity contribution is 0.192. The second kappa shape index (κ2) is 9.36. The summed E-state index contributed by atoms with van der Waals surface area (Å²) in [5.41, 5.74) is 0.933. The highest BCUT2D eigenvalue weighted by Gasteiger charge is 2.05. The molecule has 0 atom stereocenters. The van der Waals surface area contributed by atoms with E-state index in [-0.39, 0.29) is 0 Å². The number of aromatic nitrogens is 1. The molecule has 0 bridgehead atoms. The van der Waals surface area contributed by atoms with Gasteiger partial charge in [-0.15, -0.1) is 0 Å². The van der Waals surface area contributed by atoms with E-state index in [2.05, 4.69) is 20.6 Å². The maximum Gasteiger partial charge on any atom is 0.214 e. The molecule has 1 heterocycles. The van der Waals surface area contributed by atoms with Gasteiger partial charge in [0.05, 0.1) is 12.2 Å². The van der Waals surface area contributed by atoms with Crippen LogP contribution >= 0.6 is 0 Å². The van der Waals surface area contributed by atoms with Gasteiger partial charge in [0.15, 0.2) is 5.96 Å². The summed E-state index contributed by atoms with van der Waals surface area (Å²) < 4.78 is 10.5. The number of unbranched alkanes of at least 4 members (excludes halogenated alkanes) is 2. The third kappa shape index (κ3) is 6.06. The Morgan fingerprint density at radius 3 is 2.65 bits per heavy atom. The summed E-state index contributed by atoms with van der Waals surface area (Å²) >= 11 is 0. The second-order valence-electron chi connectivity index (χ2n) is 4.66. The molecule has 1 aromatic rings. The molecule has 0 saturated carbocycles. The van der Waals surface area contributed by atoms with Crippen molar-refractivity contribution in [2.24, 2.45) is 4.99 Å². The highest BCUT2D eigenvalue weighted by Crippen LogP contribution is 2.07. The van der Waals surface area contributed by atoms with E-state index >= 15 is 0 Å². The molecule has 0 saturated heterocycles. The molecule has 0 radical (unpaired) electrons. The average molecular weight is 282 g/mol. The monoisotopic (exact) mass is 282 g/mol. The number of ether oxygens (including phenoxy) is 1. The van der Waals surface area contributed by atoms with Gasteiger partial charge in [0.25, 0.3) is 0 Å². The van der Waals surface area contributed by atoms with E-state index in [0.29, 0.717) is 12.4 Å². The number of hydrogen-bond acceptors (Lipinski definition) is 4. The van der Waals surface area contributed by atoms with Gasteiger partial charge in [-0.1, -0.05) is 0 Å².